The number of likely N-dealkylation sites (tertiary alicyclic amines) is 1. The number of ether oxygens (including phenoxy) is 1. The van der Waals surface area contributed by atoms with Crippen LogP contribution in [0.3, 0.4) is 0 Å². The molecule has 0 spiro atoms. The Kier molecular flexibility index (Phi) is 5.12. The number of carbonyl (C=O) groups is 2. The lowest BCUT2D eigenvalue weighted by molar-refractivity contribution is -0.125. The van der Waals surface area contributed by atoms with Gasteiger partial charge in [-0.05, 0) is 33.3 Å². The van der Waals surface area contributed by atoms with Gasteiger partial charge < -0.3 is 9.64 Å². The van der Waals surface area contributed by atoms with Crippen LogP contribution in [0.1, 0.15) is 45.5 Å². The van der Waals surface area contributed by atoms with Crippen LogP contribution in [0.25, 0.3) is 0 Å². The van der Waals surface area contributed by atoms with E-state index in [0.29, 0.717) is 25.9 Å². The number of hydrogen-bond donors (Lipinski definition) is 0. The fourth-order valence-electron chi connectivity index (χ4n) is 2.77. The molecule has 0 radical (unpaired) electrons. The first-order valence-electron chi connectivity index (χ1n) is 8.22. The predicted molar refractivity (Wildman–Crippen MR) is 87.2 cm³/mol. The van der Waals surface area contributed by atoms with Crippen LogP contribution >= 0.6 is 0 Å². The highest BCUT2D eigenvalue weighted by atomic mass is 16.6. The van der Waals surface area contributed by atoms with Crippen molar-refractivity contribution in [2.45, 2.75) is 52.6 Å². The van der Waals surface area contributed by atoms with Crippen molar-refractivity contribution in [2.75, 3.05) is 13.1 Å². The van der Waals surface area contributed by atoms with E-state index in [1.54, 1.807) is 4.90 Å². The fraction of sp³-hybridized carbons (Fsp3) is 0.706. The number of Topliss-reactive ketones (excluding diaryl/α,β-unsaturated/α-hetero) is 1. The summed E-state index contributed by atoms with van der Waals surface area (Å²) < 4.78 is 7.25. The van der Waals surface area contributed by atoms with Gasteiger partial charge in [0.1, 0.15) is 11.4 Å². The lowest BCUT2D eigenvalue weighted by Crippen LogP contribution is -2.46. The third kappa shape index (κ3) is 4.56. The molecule has 2 heterocycles. The van der Waals surface area contributed by atoms with Crippen molar-refractivity contribution in [3.8, 4) is 0 Å². The van der Waals surface area contributed by atoms with E-state index in [1.165, 1.54) is 0 Å². The van der Waals surface area contributed by atoms with Gasteiger partial charge in [-0.3, -0.25) is 9.48 Å². The van der Waals surface area contributed by atoms with Gasteiger partial charge in [-0.1, -0.05) is 6.92 Å². The van der Waals surface area contributed by atoms with E-state index < -0.39 is 5.60 Å². The second-order valence-corrected chi connectivity index (χ2v) is 7.15. The van der Waals surface area contributed by atoms with Crippen molar-refractivity contribution in [1.29, 1.82) is 0 Å². The van der Waals surface area contributed by atoms with Crippen molar-refractivity contribution in [1.82, 2.24) is 14.7 Å². The molecule has 23 heavy (non-hydrogen) atoms. The number of ketones is 1. The second-order valence-electron chi connectivity index (χ2n) is 7.15. The Balaban J connectivity index is 2.04. The Morgan fingerprint density at radius 2 is 2.13 bits per heavy atom. The van der Waals surface area contributed by atoms with Crippen molar-refractivity contribution >= 4 is 11.9 Å². The molecule has 0 N–H and O–H groups in total. The molecule has 1 aliphatic rings. The summed E-state index contributed by atoms with van der Waals surface area (Å²) >= 11 is 0. The summed E-state index contributed by atoms with van der Waals surface area (Å²) in [6, 6.07) is 2.04. The maximum atomic E-state index is 12.2. The molecule has 2 rings (SSSR count). The van der Waals surface area contributed by atoms with Gasteiger partial charge in [0.15, 0.2) is 0 Å². The first-order valence-corrected chi connectivity index (χ1v) is 8.22. The van der Waals surface area contributed by atoms with E-state index >= 15 is 0 Å². The Labute approximate surface area is 137 Å². The molecule has 0 aromatic carbocycles. The summed E-state index contributed by atoms with van der Waals surface area (Å²) in [5.41, 5.74) is 1.53. The van der Waals surface area contributed by atoms with Gasteiger partial charge in [0.2, 0.25) is 0 Å². The van der Waals surface area contributed by atoms with E-state index in [-0.39, 0.29) is 17.8 Å². The number of aromatic nitrogens is 2. The molecule has 1 atom stereocenters. The van der Waals surface area contributed by atoms with Crippen LogP contribution in [0.5, 0.6) is 0 Å². The van der Waals surface area contributed by atoms with Gasteiger partial charge in [0.25, 0.3) is 0 Å². The summed E-state index contributed by atoms with van der Waals surface area (Å²) in [6.45, 7) is 8.45. The molecule has 1 aromatic heterocycles. The van der Waals surface area contributed by atoms with Gasteiger partial charge in [-0.15, -0.1) is 0 Å². The predicted octanol–water partition coefficient (Wildman–Crippen LogP) is 2.35. The molecule has 6 nitrogen and oxygen atoms in total. The first kappa shape index (κ1) is 17.5. The van der Waals surface area contributed by atoms with Crippen molar-refractivity contribution in [2.24, 2.45) is 13.0 Å². The summed E-state index contributed by atoms with van der Waals surface area (Å²) in [7, 11) is 1.90. The Hall–Kier alpha value is -1.85. The van der Waals surface area contributed by atoms with Gasteiger partial charge in [0, 0.05) is 44.6 Å². The molecular weight excluding hydrogens is 294 g/mol. The highest BCUT2D eigenvalue weighted by Crippen LogP contribution is 2.21. The monoisotopic (exact) mass is 321 g/mol. The molecule has 1 unspecified atom stereocenters. The van der Waals surface area contributed by atoms with Crippen LogP contribution in [0.2, 0.25) is 0 Å². The third-order valence-electron chi connectivity index (χ3n) is 4.02. The van der Waals surface area contributed by atoms with Crippen LogP contribution in [0.4, 0.5) is 4.79 Å². The molecule has 1 aliphatic heterocycles. The molecule has 1 amide bonds. The Morgan fingerprint density at radius 1 is 1.43 bits per heavy atom. The van der Waals surface area contributed by atoms with Crippen LogP contribution in [-0.2, 0) is 29.4 Å². The number of piperidine rings is 1. The van der Waals surface area contributed by atoms with E-state index in [0.717, 1.165) is 17.8 Å². The van der Waals surface area contributed by atoms with Crippen LogP contribution in [0, 0.1) is 5.92 Å². The van der Waals surface area contributed by atoms with Gasteiger partial charge in [0.05, 0.1) is 5.69 Å². The fourth-order valence-corrected chi connectivity index (χ4v) is 2.77. The summed E-state index contributed by atoms with van der Waals surface area (Å²) in [5.74, 6) is 0.0282. The van der Waals surface area contributed by atoms with E-state index in [9.17, 15) is 9.59 Å². The van der Waals surface area contributed by atoms with Crippen LogP contribution in [0.15, 0.2) is 6.07 Å². The molecule has 6 heteroatoms. The van der Waals surface area contributed by atoms with Gasteiger partial charge in [-0.25, -0.2) is 4.79 Å². The maximum Gasteiger partial charge on any atom is 0.410 e. The normalized spacial score (nSPS) is 19.1. The van der Waals surface area contributed by atoms with Crippen molar-refractivity contribution in [3.05, 3.63) is 17.5 Å². The number of aryl methyl sites for hydroxylation is 2. The average Bonchev–Trinajstić information content (AvgIpc) is 2.80. The minimum Gasteiger partial charge on any atom is -0.444 e. The molecule has 0 saturated carbocycles. The topological polar surface area (TPSA) is 64.4 Å². The maximum absolute atomic E-state index is 12.2. The highest BCUT2D eigenvalue weighted by molar-refractivity contribution is 5.84. The SMILES string of the molecule is CCc1cc(CC2CN(C(=O)OC(C)(C)C)CCC2=O)n(C)n1. The van der Waals surface area contributed by atoms with Crippen molar-refractivity contribution < 1.29 is 14.3 Å². The minimum absolute atomic E-state index is 0.184. The number of hydrogen-bond acceptors (Lipinski definition) is 4. The molecular formula is C17H27N3O3. The quantitative estimate of drug-likeness (QED) is 0.857. The molecule has 128 valence electrons. The molecule has 1 aromatic rings. The number of nitrogens with zero attached hydrogens (tertiary/aromatic N) is 3. The third-order valence-corrected chi connectivity index (χ3v) is 4.02. The second kappa shape index (κ2) is 6.72. The van der Waals surface area contributed by atoms with Crippen LogP contribution in [-0.4, -0.2) is 45.2 Å². The zero-order chi connectivity index (χ0) is 17.2. The van der Waals surface area contributed by atoms with E-state index in [4.69, 9.17) is 4.74 Å². The lowest BCUT2D eigenvalue weighted by atomic mass is 9.92. The standard InChI is InChI=1S/C17H27N3O3/c1-6-13-10-14(19(5)18-13)9-12-11-20(8-7-15(12)21)16(22)23-17(2,3)4/h10,12H,6-9,11H2,1-5H3. The zero-order valence-electron chi connectivity index (χ0n) is 14.8. The van der Waals surface area contributed by atoms with E-state index in [1.807, 2.05) is 38.6 Å². The number of amides is 1. The average molecular weight is 321 g/mol. The van der Waals surface area contributed by atoms with Crippen molar-refractivity contribution in [3.63, 3.8) is 0 Å². The first-order chi connectivity index (χ1) is 10.7. The number of carbonyl (C=O) groups excluding carboxylic acids is 2. The van der Waals surface area contributed by atoms with Gasteiger partial charge >= 0.3 is 6.09 Å². The largest absolute Gasteiger partial charge is 0.444 e. The minimum atomic E-state index is -0.522. The summed E-state index contributed by atoms with van der Waals surface area (Å²) in [6.07, 6.45) is 1.54. The Bertz CT molecular complexity index is 586. The number of rotatable bonds is 3. The molecule has 0 bridgehead atoms. The summed E-state index contributed by atoms with van der Waals surface area (Å²) in [4.78, 5) is 26.1. The van der Waals surface area contributed by atoms with Crippen LogP contribution < -0.4 is 0 Å². The van der Waals surface area contributed by atoms with E-state index in [2.05, 4.69) is 12.0 Å². The molecule has 1 fully saturated rings. The highest BCUT2D eigenvalue weighted by Gasteiger charge is 2.32. The smallest absolute Gasteiger partial charge is 0.410 e. The zero-order valence-corrected chi connectivity index (χ0v) is 14.8. The Morgan fingerprint density at radius 3 is 2.70 bits per heavy atom. The van der Waals surface area contributed by atoms with Gasteiger partial charge in [-0.2, -0.15) is 5.10 Å². The molecule has 0 aliphatic carbocycles. The lowest BCUT2D eigenvalue weighted by Gasteiger charge is -2.33. The summed E-state index contributed by atoms with van der Waals surface area (Å²) in [5, 5.41) is 4.42. The molecule has 1 saturated heterocycles.